The Morgan fingerprint density at radius 3 is 2.53 bits per heavy atom. The van der Waals surface area contributed by atoms with Gasteiger partial charge in [0.15, 0.2) is 5.65 Å². The summed E-state index contributed by atoms with van der Waals surface area (Å²) in [4.78, 5) is 15.4. The first kappa shape index (κ1) is 22.1. The predicted octanol–water partition coefficient (Wildman–Crippen LogP) is 4.02. The second kappa shape index (κ2) is 8.42. The molecule has 1 fully saturated rings. The molecule has 0 spiro atoms. The lowest BCUT2D eigenvalue weighted by Crippen LogP contribution is -2.39. The zero-order valence-electron chi connectivity index (χ0n) is 17.9. The molecule has 0 radical (unpaired) electrons. The number of benzene rings is 1. The Morgan fingerprint density at radius 2 is 1.84 bits per heavy atom. The van der Waals surface area contributed by atoms with Crippen LogP contribution in [0.4, 0.5) is 24.9 Å². The van der Waals surface area contributed by atoms with Gasteiger partial charge in [-0.25, -0.2) is 4.98 Å². The smallest absolute Gasteiger partial charge is 0.416 e. The number of phenolic OH excluding ortho intramolecular Hbond substituents is 1. The molecule has 32 heavy (non-hydrogen) atoms. The molecule has 7 nitrogen and oxygen atoms in total. The number of nitrogens with two attached hydrogens (primary N) is 1. The Bertz CT molecular complexity index is 1140. The molecule has 170 valence electrons. The summed E-state index contributed by atoms with van der Waals surface area (Å²) in [6, 6.07) is 5.05. The summed E-state index contributed by atoms with van der Waals surface area (Å²) in [5.74, 6) is 0.665. The number of nitrogen functional groups attached to an aromatic ring is 1. The average Bonchev–Trinajstić information content (AvgIpc) is 2.69. The fraction of sp³-hybridized carbons (Fsp3) is 0.409. The Kier molecular flexibility index (Phi) is 5.81. The van der Waals surface area contributed by atoms with Crippen LogP contribution < -0.4 is 11.1 Å². The Balaban J connectivity index is 1.41. The molecular formula is C22H25F3N6O. The molecule has 0 bridgehead atoms. The Labute approximate surface area is 183 Å². The minimum absolute atomic E-state index is 0.101. The number of hydrogen-bond donors (Lipinski definition) is 3. The second-order valence-corrected chi connectivity index (χ2v) is 8.25. The topological polar surface area (TPSA) is 100 Å². The molecule has 4 rings (SSSR count). The molecule has 0 aliphatic carbocycles. The number of pyridine rings is 1. The maximum absolute atomic E-state index is 13.0. The van der Waals surface area contributed by atoms with Crippen molar-refractivity contribution in [2.45, 2.75) is 45.5 Å². The summed E-state index contributed by atoms with van der Waals surface area (Å²) in [6.45, 7) is 5.42. The fourth-order valence-corrected chi connectivity index (χ4v) is 4.12. The molecule has 4 N–H and O–H groups in total. The average molecular weight is 446 g/mol. The zero-order chi connectivity index (χ0) is 23.0. The Morgan fingerprint density at radius 1 is 1.12 bits per heavy atom. The van der Waals surface area contributed by atoms with Gasteiger partial charge in [0.2, 0.25) is 5.95 Å². The number of halogens is 3. The van der Waals surface area contributed by atoms with E-state index in [4.69, 9.17) is 5.73 Å². The van der Waals surface area contributed by atoms with Gasteiger partial charge in [0.1, 0.15) is 11.6 Å². The third-order valence-electron chi connectivity index (χ3n) is 5.74. The van der Waals surface area contributed by atoms with Crippen LogP contribution in [-0.4, -0.2) is 44.1 Å². The number of alkyl halides is 3. The normalized spacial score (nSPS) is 15.9. The van der Waals surface area contributed by atoms with Gasteiger partial charge in [-0.15, -0.1) is 0 Å². The number of phenols is 1. The van der Waals surface area contributed by atoms with Gasteiger partial charge in [-0.2, -0.15) is 23.1 Å². The quantitative estimate of drug-likeness (QED) is 0.556. The van der Waals surface area contributed by atoms with E-state index in [9.17, 15) is 18.3 Å². The van der Waals surface area contributed by atoms with Crippen molar-refractivity contribution in [3.8, 4) is 5.75 Å². The van der Waals surface area contributed by atoms with Crippen molar-refractivity contribution in [3.63, 3.8) is 0 Å². The van der Waals surface area contributed by atoms with Crippen LogP contribution >= 0.6 is 0 Å². The van der Waals surface area contributed by atoms with Gasteiger partial charge in [0.25, 0.3) is 0 Å². The van der Waals surface area contributed by atoms with Gasteiger partial charge < -0.3 is 16.2 Å². The fourth-order valence-electron chi connectivity index (χ4n) is 4.12. The van der Waals surface area contributed by atoms with Crippen molar-refractivity contribution in [1.82, 2.24) is 19.9 Å². The molecule has 1 aliphatic rings. The first-order chi connectivity index (χ1) is 15.1. The van der Waals surface area contributed by atoms with E-state index in [0.717, 1.165) is 47.7 Å². The van der Waals surface area contributed by atoms with Gasteiger partial charge in [0, 0.05) is 36.9 Å². The van der Waals surface area contributed by atoms with Crippen LogP contribution in [0.25, 0.3) is 11.0 Å². The van der Waals surface area contributed by atoms with E-state index in [1.54, 1.807) is 0 Å². The number of nitrogens with zero attached hydrogens (tertiary/aromatic N) is 4. The second-order valence-electron chi connectivity index (χ2n) is 8.25. The molecule has 3 heterocycles. The number of aromatic hydroxyl groups is 1. The van der Waals surface area contributed by atoms with Crippen molar-refractivity contribution in [2.24, 2.45) is 0 Å². The molecule has 0 atom stereocenters. The minimum atomic E-state index is -4.44. The lowest BCUT2D eigenvalue weighted by molar-refractivity contribution is -0.137. The van der Waals surface area contributed by atoms with Gasteiger partial charge in [-0.05, 0) is 56.5 Å². The summed E-state index contributed by atoms with van der Waals surface area (Å²) in [5, 5.41) is 14.0. The summed E-state index contributed by atoms with van der Waals surface area (Å²) in [5.41, 5.74) is 8.03. The van der Waals surface area contributed by atoms with E-state index in [2.05, 4.69) is 20.3 Å². The van der Waals surface area contributed by atoms with Gasteiger partial charge in [-0.3, -0.25) is 4.90 Å². The predicted molar refractivity (Wildman–Crippen MR) is 116 cm³/mol. The van der Waals surface area contributed by atoms with Crippen LogP contribution in [0, 0.1) is 13.8 Å². The SMILES string of the molecule is Cc1cc(C)c2c(N)nc(NC3CCN(Cc4cc(C(F)(F)F)ccc4O)CC3)nc2n1. The third kappa shape index (κ3) is 4.69. The van der Waals surface area contributed by atoms with Crippen LogP contribution in [0.1, 0.15) is 35.2 Å². The van der Waals surface area contributed by atoms with Crippen molar-refractivity contribution >= 4 is 22.8 Å². The lowest BCUT2D eigenvalue weighted by Gasteiger charge is -2.32. The number of anilines is 2. The largest absolute Gasteiger partial charge is 0.508 e. The van der Waals surface area contributed by atoms with E-state index >= 15 is 0 Å². The monoisotopic (exact) mass is 446 g/mol. The molecule has 0 unspecified atom stereocenters. The zero-order valence-corrected chi connectivity index (χ0v) is 17.9. The molecule has 2 aromatic heterocycles. The first-order valence-corrected chi connectivity index (χ1v) is 10.4. The number of aromatic nitrogens is 3. The van der Waals surface area contributed by atoms with Crippen LogP contribution in [0.5, 0.6) is 5.75 Å². The van der Waals surface area contributed by atoms with Gasteiger partial charge in [-0.1, -0.05) is 0 Å². The maximum Gasteiger partial charge on any atom is 0.416 e. The highest BCUT2D eigenvalue weighted by atomic mass is 19.4. The van der Waals surface area contributed by atoms with E-state index in [0.29, 0.717) is 30.5 Å². The number of piperidine rings is 1. The highest BCUT2D eigenvalue weighted by Crippen LogP contribution is 2.33. The summed E-state index contributed by atoms with van der Waals surface area (Å²) in [7, 11) is 0. The number of fused-ring (bicyclic) bond motifs is 1. The van der Waals surface area contributed by atoms with E-state index in [-0.39, 0.29) is 23.9 Å². The highest BCUT2D eigenvalue weighted by Gasteiger charge is 2.31. The van der Waals surface area contributed by atoms with Crippen LogP contribution in [0.3, 0.4) is 0 Å². The summed E-state index contributed by atoms with van der Waals surface area (Å²) in [6.07, 6.45) is -2.93. The number of aryl methyl sites for hydroxylation is 2. The lowest BCUT2D eigenvalue weighted by atomic mass is 10.0. The molecule has 1 aliphatic heterocycles. The van der Waals surface area contributed by atoms with Gasteiger partial charge >= 0.3 is 6.18 Å². The Hall–Kier alpha value is -3.14. The molecular weight excluding hydrogens is 421 g/mol. The highest BCUT2D eigenvalue weighted by molar-refractivity contribution is 5.89. The number of rotatable bonds is 4. The number of nitrogens with one attached hydrogen (secondary N) is 1. The van der Waals surface area contributed by atoms with E-state index in [1.165, 1.54) is 0 Å². The molecule has 1 aromatic carbocycles. The van der Waals surface area contributed by atoms with Crippen molar-refractivity contribution in [3.05, 3.63) is 46.6 Å². The number of likely N-dealkylation sites (tertiary alicyclic amines) is 1. The van der Waals surface area contributed by atoms with Crippen LogP contribution in [0.2, 0.25) is 0 Å². The number of hydrogen-bond acceptors (Lipinski definition) is 7. The summed E-state index contributed by atoms with van der Waals surface area (Å²) < 4.78 is 38.9. The first-order valence-electron chi connectivity index (χ1n) is 10.4. The maximum atomic E-state index is 13.0. The molecule has 0 amide bonds. The van der Waals surface area contributed by atoms with Gasteiger partial charge in [0.05, 0.1) is 10.9 Å². The standard InChI is InChI=1S/C22H25F3N6O/c1-12-9-13(2)27-20-18(12)19(26)29-21(30-20)28-16-5-7-31(8-6-16)11-14-10-15(22(23,24)25)3-4-17(14)32/h3-4,9-10,16,32H,5-8,11H2,1-2H3,(H3,26,27,28,29,30). The van der Waals surface area contributed by atoms with E-state index < -0.39 is 11.7 Å². The van der Waals surface area contributed by atoms with Crippen molar-refractivity contribution in [1.29, 1.82) is 0 Å². The van der Waals surface area contributed by atoms with Crippen LogP contribution in [-0.2, 0) is 12.7 Å². The molecule has 0 saturated carbocycles. The minimum Gasteiger partial charge on any atom is -0.508 e. The van der Waals surface area contributed by atoms with Crippen molar-refractivity contribution in [2.75, 3.05) is 24.1 Å². The third-order valence-corrected chi connectivity index (χ3v) is 5.74. The summed E-state index contributed by atoms with van der Waals surface area (Å²) >= 11 is 0. The van der Waals surface area contributed by atoms with E-state index in [1.807, 2.05) is 24.8 Å². The van der Waals surface area contributed by atoms with Crippen molar-refractivity contribution < 1.29 is 18.3 Å². The molecule has 1 saturated heterocycles. The van der Waals surface area contributed by atoms with Crippen LogP contribution in [0.15, 0.2) is 24.3 Å². The molecule has 10 heteroatoms. The molecule has 3 aromatic rings.